The summed E-state index contributed by atoms with van der Waals surface area (Å²) in [6, 6.07) is 5.87. The second-order valence-electron chi connectivity index (χ2n) is 4.58. The maximum atomic E-state index is 6.15. The van der Waals surface area contributed by atoms with Gasteiger partial charge in [0, 0.05) is 18.8 Å². The van der Waals surface area contributed by atoms with Crippen LogP contribution in [-0.4, -0.2) is 19.2 Å². The predicted molar refractivity (Wildman–Crippen MR) is 68.1 cm³/mol. The van der Waals surface area contributed by atoms with Gasteiger partial charge in [-0.15, -0.1) is 0 Å². The van der Waals surface area contributed by atoms with Gasteiger partial charge in [0.05, 0.1) is 12.2 Å². The van der Waals surface area contributed by atoms with Gasteiger partial charge in [-0.25, -0.2) is 0 Å². The van der Waals surface area contributed by atoms with Gasteiger partial charge in [0.1, 0.15) is 11.4 Å². The SMILES string of the molecule is CCC1(CC)CN(C)c2ccc(N)cc2O1. The first-order valence-electron chi connectivity index (χ1n) is 5.90. The van der Waals surface area contributed by atoms with E-state index in [9.17, 15) is 0 Å². The van der Waals surface area contributed by atoms with E-state index in [0.29, 0.717) is 0 Å². The minimum absolute atomic E-state index is 0.0600. The Bertz CT molecular complexity index is 386. The fourth-order valence-corrected chi connectivity index (χ4v) is 2.33. The average molecular weight is 220 g/mol. The molecule has 1 heterocycles. The quantitative estimate of drug-likeness (QED) is 0.779. The lowest BCUT2D eigenvalue weighted by atomic mass is 9.94. The monoisotopic (exact) mass is 220 g/mol. The molecule has 0 saturated carbocycles. The van der Waals surface area contributed by atoms with Gasteiger partial charge in [-0.3, -0.25) is 0 Å². The smallest absolute Gasteiger partial charge is 0.145 e. The maximum absolute atomic E-state index is 6.15. The molecule has 2 rings (SSSR count). The van der Waals surface area contributed by atoms with Gasteiger partial charge >= 0.3 is 0 Å². The fraction of sp³-hybridized carbons (Fsp3) is 0.538. The van der Waals surface area contributed by atoms with Gasteiger partial charge in [-0.05, 0) is 25.0 Å². The van der Waals surface area contributed by atoms with Gasteiger partial charge in [0.15, 0.2) is 0 Å². The number of benzene rings is 1. The highest BCUT2D eigenvalue weighted by molar-refractivity contribution is 5.65. The van der Waals surface area contributed by atoms with E-state index in [2.05, 4.69) is 25.8 Å². The molecule has 0 bridgehead atoms. The third-order valence-corrected chi connectivity index (χ3v) is 3.54. The molecule has 0 aromatic heterocycles. The summed E-state index contributed by atoms with van der Waals surface area (Å²) in [4.78, 5) is 2.26. The van der Waals surface area contributed by atoms with Crippen LogP contribution in [0.4, 0.5) is 11.4 Å². The summed E-state index contributed by atoms with van der Waals surface area (Å²) in [5, 5.41) is 0. The fourth-order valence-electron chi connectivity index (χ4n) is 2.33. The molecule has 2 N–H and O–H groups in total. The van der Waals surface area contributed by atoms with E-state index in [0.717, 1.165) is 36.5 Å². The molecule has 0 fully saturated rings. The van der Waals surface area contributed by atoms with Crippen LogP contribution < -0.4 is 15.4 Å². The van der Waals surface area contributed by atoms with Crippen molar-refractivity contribution in [2.24, 2.45) is 0 Å². The Hall–Kier alpha value is -1.38. The van der Waals surface area contributed by atoms with Crippen molar-refractivity contribution in [3.05, 3.63) is 18.2 Å². The molecule has 0 atom stereocenters. The Kier molecular flexibility index (Phi) is 2.70. The van der Waals surface area contributed by atoms with Crippen molar-refractivity contribution in [2.75, 3.05) is 24.2 Å². The summed E-state index contributed by atoms with van der Waals surface area (Å²) in [6.07, 6.45) is 2.03. The molecule has 1 aromatic rings. The molecule has 0 aliphatic carbocycles. The van der Waals surface area contributed by atoms with E-state index in [1.807, 2.05) is 18.2 Å². The molecular weight excluding hydrogens is 200 g/mol. The number of ether oxygens (including phenoxy) is 1. The van der Waals surface area contributed by atoms with Crippen molar-refractivity contribution in [3.63, 3.8) is 0 Å². The molecule has 16 heavy (non-hydrogen) atoms. The Balaban J connectivity index is 2.41. The second kappa shape index (κ2) is 3.89. The first-order chi connectivity index (χ1) is 7.60. The van der Waals surface area contributed by atoms with Gasteiger partial charge < -0.3 is 15.4 Å². The van der Waals surface area contributed by atoms with E-state index in [1.54, 1.807) is 0 Å². The van der Waals surface area contributed by atoms with Crippen LogP contribution in [0.25, 0.3) is 0 Å². The largest absolute Gasteiger partial charge is 0.483 e. The molecule has 0 spiro atoms. The Morgan fingerprint density at radius 3 is 2.69 bits per heavy atom. The van der Waals surface area contributed by atoms with E-state index in [-0.39, 0.29) is 5.60 Å². The third kappa shape index (κ3) is 1.70. The number of nitrogen functional groups attached to an aromatic ring is 1. The van der Waals surface area contributed by atoms with Gasteiger partial charge in [-0.1, -0.05) is 13.8 Å². The minimum atomic E-state index is -0.0600. The number of fused-ring (bicyclic) bond motifs is 1. The number of rotatable bonds is 2. The summed E-state index contributed by atoms with van der Waals surface area (Å²) in [5.41, 5.74) is 7.63. The standard InChI is InChI=1S/C13H20N2O/c1-4-13(5-2)9-15(3)11-7-6-10(14)8-12(11)16-13/h6-8H,4-5,9,14H2,1-3H3. The van der Waals surface area contributed by atoms with Crippen LogP contribution >= 0.6 is 0 Å². The molecule has 3 nitrogen and oxygen atoms in total. The van der Waals surface area contributed by atoms with Crippen LogP contribution in [0.1, 0.15) is 26.7 Å². The highest BCUT2D eigenvalue weighted by Crippen LogP contribution is 2.39. The highest BCUT2D eigenvalue weighted by atomic mass is 16.5. The number of hydrogen-bond donors (Lipinski definition) is 1. The van der Waals surface area contributed by atoms with Crippen molar-refractivity contribution in [1.29, 1.82) is 0 Å². The Labute approximate surface area is 97.2 Å². The zero-order valence-electron chi connectivity index (χ0n) is 10.3. The zero-order valence-corrected chi connectivity index (χ0v) is 10.3. The Morgan fingerprint density at radius 1 is 1.38 bits per heavy atom. The molecule has 1 aliphatic rings. The summed E-state index contributed by atoms with van der Waals surface area (Å²) < 4.78 is 6.15. The van der Waals surface area contributed by atoms with E-state index >= 15 is 0 Å². The molecular formula is C13H20N2O. The maximum Gasteiger partial charge on any atom is 0.145 e. The molecule has 1 aliphatic heterocycles. The number of likely N-dealkylation sites (N-methyl/N-ethyl adjacent to an activating group) is 1. The average Bonchev–Trinajstić information content (AvgIpc) is 2.28. The number of nitrogens with zero attached hydrogens (tertiary/aromatic N) is 1. The molecule has 0 radical (unpaired) electrons. The van der Waals surface area contributed by atoms with E-state index < -0.39 is 0 Å². The molecule has 1 aromatic carbocycles. The van der Waals surface area contributed by atoms with Crippen molar-refractivity contribution in [2.45, 2.75) is 32.3 Å². The van der Waals surface area contributed by atoms with Crippen molar-refractivity contribution < 1.29 is 4.74 Å². The molecule has 88 valence electrons. The van der Waals surface area contributed by atoms with E-state index in [4.69, 9.17) is 10.5 Å². The third-order valence-electron chi connectivity index (χ3n) is 3.54. The zero-order chi connectivity index (χ0) is 11.8. The second-order valence-corrected chi connectivity index (χ2v) is 4.58. The summed E-state index contributed by atoms with van der Waals surface area (Å²) in [7, 11) is 2.11. The van der Waals surface area contributed by atoms with Gasteiger partial charge in [-0.2, -0.15) is 0 Å². The van der Waals surface area contributed by atoms with Crippen LogP contribution in [-0.2, 0) is 0 Å². The first-order valence-corrected chi connectivity index (χ1v) is 5.90. The predicted octanol–water partition coefficient (Wildman–Crippen LogP) is 2.66. The number of hydrogen-bond acceptors (Lipinski definition) is 3. The molecule has 0 amide bonds. The first kappa shape index (κ1) is 11.1. The normalized spacial score (nSPS) is 17.8. The minimum Gasteiger partial charge on any atom is -0.483 e. The van der Waals surface area contributed by atoms with Crippen LogP contribution in [0, 0.1) is 0 Å². The van der Waals surface area contributed by atoms with Crippen LogP contribution in [0.2, 0.25) is 0 Å². The summed E-state index contributed by atoms with van der Waals surface area (Å²) >= 11 is 0. The van der Waals surface area contributed by atoms with Crippen LogP contribution in [0.15, 0.2) is 18.2 Å². The van der Waals surface area contributed by atoms with Crippen LogP contribution in [0.5, 0.6) is 5.75 Å². The summed E-state index contributed by atoms with van der Waals surface area (Å²) in [5.74, 6) is 0.914. The summed E-state index contributed by atoms with van der Waals surface area (Å²) in [6.45, 7) is 5.29. The lowest BCUT2D eigenvalue weighted by Gasteiger charge is -2.42. The van der Waals surface area contributed by atoms with Crippen LogP contribution in [0.3, 0.4) is 0 Å². The van der Waals surface area contributed by atoms with Gasteiger partial charge in [0.2, 0.25) is 0 Å². The van der Waals surface area contributed by atoms with Crippen molar-refractivity contribution >= 4 is 11.4 Å². The Morgan fingerprint density at radius 2 is 2.06 bits per heavy atom. The lowest BCUT2D eigenvalue weighted by molar-refractivity contribution is 0.0592. The molecule has 0 unspecified atom stereocenters. The number of anilines is 2. The lowest BCUT2D eigenvalue weighted by Crippen LogP contribution is -2.49. The van der Waals surface area contributed by atoms with Crippen molar-refractivity contribution in [1.82, 2.24) is 0 Å². The van der Waals surface area contributed by atoms with Crippen molar-refractivity contribution in [3.8, 4) is 5.75 Å². The molecule has 0 saturated heterocycles. The number of nitrogens with two attached hydrogens (primary N) is 1. The van der Waals surface area contributed by atoms with Gasteiger partial charge in [0.25, 0.3) is 0 Å². The highest BCUT2D eigenvalue weighted by Gasteiger charge is 2.35. The molecule has 3 heteroatoms. The topological polar surface area (TPSA) is 38.5 Å². The van der Waals surface area contributed by atoms with E-state index in [1.165, 1.54) is 0 Å².